The van der Waals surface area contributed by atoms with Gasteiger partial charge < -0.3 is 15.4 Å². The first-order valence-electron chi connectivity index (χ1n) is 14.8. The van der Waals surface area contributed by atoms with Gasteiger partial charge in [0.15, 0.2) is 15.3 Å². The molecule has 0 radical (unpaired) electrons. The summed E-state index contributed by atoms with van der Waals surface area (Å²) in [5.41, 5.74) is 6.50. The molecule has 0 atom stereocenters. The maximum absolute atomic E-state index is 13.0. The number of nitrogens with one attached hydrogen (secondary N) is 2. The fraction of sp³-hybridized carbons (Fsp3) is 0.171. The number of rotatable bonds is 12. The quantitative estimate of drug-likeness (QED) is 0.126. The van der Waals surface area contributed by atoms with Gasteiger partial charge >= 0.3 is 0 Å². The summed E-state index contributed by atoms with van der Waals surface area (Å²) in [5.74, 6) is 1.51. The minimum Gasteiger partial charge on any atom is -0.486 e. The van der Waals surface area contributed by atoms with Crippen LogP contribution in [0.2, 0.25) is 0 Å². The van der Waals surface area contributed by atoms with Crippen LogP contribution in [-0.2, 0) is 16.2 Å². The van der Waals surface area contributed by atoms with Gasteiger partial charge in [0.25, 0.3) is 0 Å². The van der Waals surface area contributed by atoms with Gasteiger partial charge in [-0.15, -0.1) is 21.5 Å². The number of thiazole rings is 1. The van der Waals surface area contributed by atoms with E-state index in [4.69, 9.17) is 4.74 Å². The lowest BCUT2D eigenvalue weighted by Gasteiger charge is -2.12. The highest BCUT2D eigenvalue weighted by molar-refractivity contribution is 8.01. The standard InChI is InChI=1S/C35H32N6O3S3/c1-22-16-23(2)33(24(3)17-22)38-32(43)21-46-35-37-28-15-14-25(18-29(28)47-35)36-31(42)20-45-34-40-39-30(19-44-27-12-8-5-9-13-27)41(34)26-10-6-4-7-11-26/h4-18H,19-21H2,1-3H3,(H,36,42)(H,38,43). The molecule has 0 fully saturated rings. The molecule has 2 heterocycles. The Bertz CT molecular complexity index is 2010. The zero-order valence-corrected chi connectivity index (χ0v) is 28.5. The molecule has 4 aromatic carbocycles. The van der Waals surface area contributed by atoms with Crippen molar-refractivity contribution in [2.75, 3.05) is 22.1 Å². The van der Waals surface area contributed by atoms with E-state index in [1.54, 1.807) is 0 Å². The van der Waals surface area contributed by atoms with Gasteiger partial charge in [-0.1, -0.05) is 77.6 Å². The van der Waals surface area contributed by atoms with Crippen LogP contribution in [0.1, 0.15) is 22.5 Å². The Morgan fingerprint density at radius 2 is 1.49 bits per heavy atom. The van der Waals surface area contributed by atoms with Gasteiger partial charge in [0.1, 0.15) is 12.4 Å². The normalized spacial score (nSPS) is 11.0. The minimum atomic E-state index is -0.170. The Labute approximate surface area is 285 Å². The van der Waals surface area contributed by atoms with Crippen molar-refractivity contribution in [1.29, 1.82) is 0 Å². The van der Waals surface area contributed by atoms with E-state index in [1.165, 1.54) is 40.4 Å². The monoisotopic (exact) mass is 680 g/mol. The van der Waals surface area contributed by atoms with Crippen molar-refractivity contribution in [3.8, 4) is 11.4 Å². The molecule has 9 nitrogen and oxygen atoms in total. The van der Waals surface area contributed by atoms with Crippen LogP contribution in [0.4, 0.5) is 11.4 Å². The molecule has 6 rings (SSSR count). The predicted octanol–water partition coefficient (Wildman–Crippen LogP) is 7.84. The number of carbonyl (C=O) groups excluding carboxylic acids is 2. The maximum atomic E-state index is 13.0. The van der Waals surface area contributed by atoms with Gasteiger partial charge in [0.05, 0.1) is 21.7 Å². The molecule has 0 bridgehead atoms. The van der Waals surface area contributed by atoms with Crippen LogP contribution in [0.5, 0.6) is 5.75 Å². The van der Waals surface area contributed by atoms with Crippen molar-refractivity contribution in [3.05, 3.63) is 114 Å². The lowest BCUT2D eigenvalue weighted by Crippen LogP contribution is -2.15. The number of aromatic nitrogens is 4. The number of aryl methyl sites for hydroxylation is 3. The van der Waals surface area contributed by atoms with E-state index < -0.39 is 0 Å². The summed E-state index contributed by atoms with van der Waals surface area (Å²) in [6.07, 6.45) is 0. The van der Waals surface area contributed by atoms with Gasteiger partial charge in [-0.05, 0) is 74.4 Å². The van der Waals surface area contributed by atoms with Gasteiger partial charge in [-0.2, -0.15) is 0 Å². The van der Waals surface area contributed by atoms with Gasteiger partial charge in [-0.3, -0.25) is 14.2 Å². The van der Waals surface area contributed by atoms with Crippen molar-refractivity contribution in [1.82, 2.24) is 19.7 Å². The van der Waals surface area contributed by atoms with Crippen LogP contribution < -0.4 is 15.4 Å². The fourth-order valence-electron chi connectivity index (χ4n) is 5.04. The summed E-state index contributed by atoms with van der Waals surface area (Å²) >= 11 is 4.19. The number of anilines is 2. The van der Waals surface area contributed by atoms with Crippen LogP contribution in [0, 0.1) is 20.8 Å². The second kappa shape index (κ2) is 14.8. The number of para-hydroxylation sites is 2. The Hall–Kier alpha value is -4.65. The lowest BCUT2D eigenvalue weighted by atomic mass is 10.1. The largest absolute Gasteiger partial charge is 0.486 e. The van der Waals surface area contributed by atoms with Crippen LogP contribution >= 0.6 is 34.9 Å². The number of hydrogen-bond acceptors (Lipinski definition) is 9. The molecular weight excluding hydrogens is 649 g/mol. The van der Waals surface area contributed by atoms with E-state index in [-0.39, 0.29) is 29.9 Å². The van der Waals surface area contributed by atoms with Crippen molar-refractivity contribution < 1.29 is 14.3 Å². The zero-order chi connectivity index (χ0) is 32.8. The molecule has 2 amide bonds. The molecule has 0 aliphatic heterocycles. The maximum Gasteiger partial charge on any atom is 0.234 e. The van der Waals surface area contributed by atoms with Crippen LogP contribution in [0.3, 0.4) is 0 Å². The Kier molecular flexibility index (Phi) is 10.2. The third-order valence-corrected chi connectivity index (χ3v) is 10.2. The summed E-state index contributed by atoms with van der Waals surface area (Å²) in [5, 5.41) is 15.4. The molecule has 0 spiro atoms. The second-order valence-electron chi connectivity index (χ2n) is 10.8. The first-order valence-corrected chi connectivity index (χ1v) is 17.6. The van der Waals surface area contributed by atoms with Crippen molar-refractivity contribution >= 4 is 68.3 Å². The number of carbonyl (C=O) groups is 2. The van der Waals surface area contributed by atoms with Crippen molar-refractivity contribution in [2.45, 2.75) is 36.9 Å². The van der Waals surface area contributed by atoms with Crippen molar-refractivity contribution in [2.24, 2.45) is 0 Å². The van der Waals surface area contributed by atoms with Gasteiger partial charge in [-0.25, -0.2) is 4.98 Å². The molecular formula is C35H32N6O3S3. The molecule has 0 aliphatic carbocycles. The molecule has 238 valence electrons. The molecule has 2 N–H and O–H groups in total. The molecule has 0 unspecified atom stereocenters. The van der Waals surface area contributed by atoms with E-state index in [1.807, 2.05) is 104 Å². The first-order chi connectivity index (χ1) is 22.8. The highest BCUT2D eigenvalue weighted by Crippen LogP contribution is 2.32. The van der Waals surface area contributed by atoms with E-state index in [0.717, 1.165) is 42.8 Å². The smallest absolute Gasteiger partial charge is 0.234 e. The van der Waals surface area contributed by atoms with E-state index in [2.05, 4.69) is 37.9 Å². The summed E-state index contributed by atoms with van der Waals surface area (Å²) in [4.78, 5) is 30.4. The molecule has 47 heavy (non-hydrogen) atoms. The topological polar surface area (TPSA) is 111 Å². The highest BCUT2D eigenvalue weighted by atomic mass is 32.2. The SMILES string of the molecule is Cc1cc(C)c(NC(=O)CSc2nc3ccc(NC(=O)CSc4nnc(COc5ccccc5)n4-c4ccccc4)cc3s2)c(C)c1. The Morgan fingerprint density at radius 1 is 0.809 bits per heavy atom. The number of benzene rings is 4. The van der Waals surface area contributed by atoms with Crippen LogP contribution in [0.25, 0.3) is 15.9 Å². The predicted molar refractivity (Wildman–Crippen MR) is 191 cm³/mol. The fourth-order valence-corrected chi connectivity index (χ4v) is 7.72. The molecule has 0 saturated heterocycles. The van der Waals surface area contributed by atoms with Gasteiger partial charge in [0, 0.05) is 17.1 Å². The third kappa shape index (κ3) is 8.20. The zero-order valence-electron chi connectivity index (χ0n) is 26.0. The van der Waals surface area contributed by atoms with E-state index in [9.17, 15) is 9.59 Å². The highest BCUT2D eigenvalue weighted by Gasteiger charge is 2.17. The third-order valence-electron chi connectivity index (χ3n) is 7.08. The van der Waals surface area contributed by atoms with Crippen LogP contribution in [0.15, 0.2) is 100 Å². The van der Waals surface area contributed by atoms with E-state index in [0.29, 0.717) is 16.7 Å². The van der Waals surface area contributed by atoms with Gasteiger partial charge in [0.2, 0.25) is 11.8 Å². The molecule has 12 heteroatoms. The summed E-state index contributed by atoms with van der Waals surface area (Å²) in [6.45, 7) is 6.28. The number of amides is 2. The molecule has 6 aromatic rings. The summed E-state index contributed by atoms with van der Waals surface area (Å²) < 4.78 is 9.56. The Balaban J connectivity index is 1.06. The lowest BCUT2D eigenvalue weighted by molar-refractivity contribution is -0.114. The summed E-state index contributed by atoms with van der Waals surface area (Å²) in [7, 11) is 0. The van der Waals surface area contributed by atoms with E-state index >= 15 is 0 Å². The summed E-state index contributed by atoms with van der Waals surface area (Å²) in [6, 6.07) is 29.1. The van der Waals surface area contributed by atoms with Crippen molar-refractivity contribution in [3.63, 3.8) is 0 Å². The Morgan fingerprint density at radius 3 is 2.23 bits per heavy atom. The number of thioether (sulfide) groups is 2. The molecule has 0 aliphatic rings. The number of hydrogen-bond donors (Lipinski definition) is 2. The average molecular weight is 681 g/mol. The minimum absolute atomic E-state index is 0.0753. The average Bonchev–Trinajstić information content (AvgIpc) is 3.67. The second-order valence-corrected chi connectivity index (χ2v) is 14.0. The number of ether oxygens (including phenoxy) is 1. The first kappa shape index (κ1) is 32.3. The number of fused-ring (bicyclic) bond motifs is 1. The molecule has 0 saturated carbocycles. The molecule has 2 aromatic heterocycles. The van der Waals surface area contributed by atoms with Crippen LogP contribution in [-0.4, -0.2) is 43.1 Å². The number of nitrogens with zero attached hydrogens (tertiary/aromatic N) is 4.